The molecule has 0 bridgehead atoms. The van der Waals surface area contributed by atoms with Crippen molar-refractivity contribution >= 4 is 5.78 Å². The molecule has 2 aromatic carbocycles. The Hall–Kier alpha value is -2.36. The van der Waals surface area contributed by atoms with Crippen LogP contribution in [0.1, 0.15) is 15.9 Å². The number of hydrogen-bond donors (Lipinski definition) is 0. The van der Waals surface area contributed by atoms with Crippen LogP contribution in [0.4, 0.5) is 4.39 Å². The smallest absolute Gasteiger partial charge is 0.167 e. The Morgan fingerprint density at radius 2 is 1.75 bits per heavy atom. The van der Waals surface area contributed by atoms with Gasteiger partial charge in [-0.2, -0.15) is 0 Å². The van der Waals surface area contributed by atoms with E-state index >= 15 is 0 Å². The highest BCUT2D eigenvalue weighted by atomic mass is 19.1. The molecule has 0 unspecified atom stereocenters. The maximum atomic E-state index is 13.6. The minimum Gasteiger partial charge on any atom is -0.497 e. The molecule has 104 valence electrons. The monoisotopic (exact) mass is 274 g/mol. The van der Waals surface area contributed by atoms with Gasteiger partial charge in [-0.15, -0.1) is 0 Å². The van der Waals surface area contributed by atoms with Gasteiger partial charge in [0.15, 0.2) is 17.3 Å². The van der Waals surface area contributed by atoms with E-state index in [-0.39, 0.29) is 18.0 Å². The Labute approximate surface area is 117 Å². The van der Waals surface area contributed by atoms with Crippen molar-refractivity contribution in [1.82, 2.24) is 0 Å². The first-order chi connectivity index (χ1) is 9.63. The lowest BCUT2D eigenvalue weighted by Gasteiger charge is -2.06. The molecule has 0 saturated carbocycles. The SMILES string of the molecule is COc1ccc(CC(=O)c2ccc(OC)c(F)c2)cc1. The summed E-state index contributed by atoms with van der Waals surface area (Å²) in [5.74, 6) is 0.187. The zero-order valence-corrected chi connectivity index (χ0v) is 11.4. The second-order valence-electron chi connectivity index (χ2n) is 4.30. The molecule has 2 aromatic rings. The predicted octanol–water partition coefficient (Wildman–Crippen LogP) is 3.27. The molecule has 0 aliphatic heterocycles. The number of methoxy groups -OCH3 is 2. The van der Waals surface area contributed by atoms with Crippen molar-refractivity contribution < 1.29 is 18.7 Å². The van der Waals surface area contributed by atoms with Gasteiger partial charge in [-0.25, -0.2) is 4.39 Å². The van der Waals surface area contributed by atoms with Crippen molar-refractivity contribution in [1.29, 1.82) is 0 Å². The molecule has 0 heterocycles. The van der Waals surface area contributed by atoms with Crippen molar-refractivity contribution in [2.24, 2.45) is 0 Å². The van der Waals surface area contributed by atoms with Gasteiger partial charge in [-0.1, -0.05) is 12.1 Å². The fourth-order valence-corrected chi connectivity index (χ4v) is 1.87. The quantitative estimate of drug-likeness (QED) is 0.785. The summed E-state index contributed by atoms with van der Waals surface area (Å²) < 4.78 is 23.4. The molecular formula is C16H15FO3. The van der Waals surface area contributed by atoms with E-state index < -0.39 is 5.82 Å². The number of ether oxygens (including phenoxy) is 2. The Bertz CT molecular complexity index is 606. The average Bonchev–Trinajstić information content (AvgIpc) is 2.48. The molecule has 0 radical (unpaired) electrons. The van der Waals surface area contributed by atoms with E-state index in [9.17, 15) is 9.18 Å². The second kappa shape index (κ2) is 6.19. The lowest BCUT2D eigenvalue weighted by molar-refractivity contribution is 0.0992. The van der Waals surface area contributed by atoms with Gasteiger partial charge in [0, 0.05) is 12.0 Å². The number of ketones is 1. The number of rotatable bonds is 5. The molecule has 0 aliphatic rings. The van der Waals surface area contributed by atoms with Crippen molar-refractivity contribution in [3.8, 4) is 11.5 Å². The fraction of sp³-hybridized carbons (Fsp3) is 0.188. The number of Topliss-reactive ketones (excluding diaryl/α,β-unsaturated/α-hetero) is 1. The first-order valence-electron chi connectivity index (χ1n) is 6.13. The van der Waals surface area contributed by atoms with Crippen LogP contribution in [0, 0.1) is 5.82 Å². The van der Waals surface area contributed by atoms with E-state index in [0.29, 0.717) is 5.56 Å². The summed E-state index contributed by atoms with van der Waals surface area (Å²) in [7, 11) is 2.97. The van der Waals surface area contributed by atoms with Crippen LogP contribution in [0.3, 0.4) is 0 Å². The Balaban J connectivity index is 2.12. The topological polar surface area (TPSA) is 35.5 Å². The van der Waals surface area contributed by atoms with E-state index in [1.807, 2.05) is 12.1 Å². The van der Waals surface area contributed by atoms with Gasteiger partial charge in [0.2, 0.25) is 0 Å². The van der Waals surface area contributed by atoms with E-state index in [0.717, 1.165) is 11.3 Å². The summed E-state index contributed by atoms with van der Waals surface area (Å²) in [5, 5.41) is 0. The van der Waals surface area contributed by atoms with E-state index in [4.69, 9.17) is 9.47 Å². The lowest BCUT2D eigenvalue weighted by Crippen LogP contribution is -2.04. The number of hydrogen-bond acceptors (Lipinski definition) is 3. The van der Waals surface area contributed by atoms with E-state index in [2.05, 4.69) is 0 Å². The van der Waals surface area contributed by atoms with Crippen LogP contribution in [0.2, 0.25) is 0 Å². The molecule has 0 N–H and O–H groups in total. The van der Waals surface area contributed by atoms with E-state index in [1.54, 1.807) is 25.3 Å². The first-order valence-corrected chi connectivity index (χ1v) is 6.13. The molecule has 0 fully saturated rings. The van der Waals surface area contributed by atoms with Crippen LogP contribution in [0.25, 0.3) is 0 Å². The van der Waals surface area contributed by atoms with Gasteiger partial charge >= 0.3 is 0 Å². The normalized spacial score (nSPS) is 10.2. The molecule has 0 aromatic heterocycles. The summed E-state index contributed by atoms with van der Waals surface area (Å²) in [4.78, 5) is 12.1. The zero-order chi connectivity index (χ0) is 14.5. The molecule has 0 saturated heterocycles. The number of benzene rings is 2. The van der Waals surface area contributed by atoms with Crippen LogP contribution < -0.4 is 9.47 Å². The molecule has 3 nitrogen and oxygen atoms in total. The maximum Gasteiger partial charge on any atom is 0.167 e. The molecule has 0 amide bonds. The van der Waals surface area contributed by atoms with Crippen molar-refractivity contribution in [2.75, 3.05) is 14.2 Å². The van der Waals surface area contributed by atoms with Crippen molar-refractivity contribution in [3.05, 3.63) is 59.4 Å². The summed E-state index contributed by atoms with van der Waals surface area (Å²) >= 11 is 0. The number of carbonyl (C=O) groups is 1. The zero-order valence-electron chi connectivity index (χ0n) is 11.4. The molecule has 2 rings (SSSR count). The van der Waals surface area contributed by atoms with Gasteiger partial charge in [0.05, 0.1) is 14.2 Å². The highest BCUT2D eigenvalue weighted by Crippen LogP contribution is 2.19. The molecule has 0 aliphatic carbocycles. The summed E-state index contributed by atoms with van der Waals surface area (Å²) in [6, 6.07) is 11.4. The highest BCUT2D eigenvalue weighted by Gasteiger charge is 2.11. The predicted molar refractivity (Wildman–Crippen MR) is 74.0 cm³/mol. The second-order valence-corrected chi connectivity index (χ2v) is 4.30. The minimum atomic E-state index is -0.534. The standard InChI is InChI=1S/C16H15FO3/c1-19-13-6-3-11(4-7-13)9-15(18)12-5-8-16(20-2)14(17)10-12/h3-8,10H,9H2,1-2H3. The van der Waals surface area contributed by atoms with Crippen LogP contribution in [-0.2, 0) is 6.42 Å². The molecule has 0 atom stereocenters. The van der Waals surface area contributed by atoms with Crippen LogP contribution in [-0.4, -0.2) is 20.0 Å². The van der Waals surface area contributed by atoms with Crippen molar-refractivity contribution in [2.45, 2.75) is 6.42 Å². The summed E-state index contributed by atoms with van der Waals surface area (Å²) in [6.45, 7) is 0. The van der Waals surface area contributed by atoms with Crippen LogP contribution >= 0.6 is 0 Å². The molecular weight excluding hydrogens is 259 g/mol. The lowest BCUT2D eigenvalue weighted by atomic mass is 10.0. The Morgan fingerprint density at radius 1 is 1.05 bits per heavy atom. The summed E-state index contributed by atoms with van der Waals surface area (Å²) in [6.07, 6.45) is 0.218. The molecule has 20 heavy (non-hydrogen) atoms. The number of halogens is 1. The third-order valence-corrected chi connectivity index (χ3v) is 3.00. The van der Waals surface area contributed by atoms with Crippen LogP contribution in [0.5, 0.6) is 11.5 Å². The third kappa shape index (κ3) is 3.15. The fourth-order valence-electron chi connectivity index (χ4n) is 1.87. The Morgan fingerprint density at radius 3 is 2.30 bits per heavy atom. The Kier molecular flexibility index (Phi) is 4.35. The number of carbonyl (C=O) groups excluding carboxylic acids is 1. The first kappa shape index (κ1) is 14.1. The third-order valence-electron chi connectivity index (χ3n) is 3.00. The van der Waals surface area contributed by atoms with Crippen LogP contribution in [0.15, 0.2) is 42.5 Å². The van der Waals surface area contributed by atoms with Gasteiger partial charge in [-0.05, 0) is 35.9 Å². The van der Waals surface area contributed by atoms with E-state index in [1.165, 1.54) is 19.2 Å². The summed E-state index contributed by atoms with van der Waals surface area (Å²) in [5.41, 5.74) is 1.19. The largest absolute Gasteiger partial charge is 0.497 e. The minimum absolute atomic E-state index is 0.131. The van der Waals surface area contributed by atoms with Gasteiger partial charge in [0.25, 0.3) is 0 Å². The average molecular weight is 274 g/mol. The molecule has 0 spiro atoms. The maximum absolute atomic E-state index is 13.6. The van der Waals surface area contributed by atoms with Gasteiger partial charge in [-0.3, -0.25) is 4.79 Å². The molecule has 4 heteroatoms. The van der Waals surface area contributed by atoms with Gasteiger partial charge in [0.1, 0.15) is 5.75 Å². The van der Waals surface area contributed by atoms with Crippen molar-refractivity contribution in [3.63, 3.8) is 0 Å². The van der Waals surface area contributed by atoms with Gasteiger partial charge < -0.3 is 9.47 Å². The highest BCUT2D eigenvalue weighted by molar-refractivity contribution is 5.97.